The Labute approximate surface area is 322 Å². The fraction of sp³-hybridized carbons (Fsp3) is 0.595. The molecule has 1 aromatic heterocycles. The first-order valence-corrected chi connectivity index (χ1v) is 20.1. The van der Waals surface area contributed by atoms with Crippen LogP contribution >= 0.6 is 8.03 Å². The summed E-state index contributed by atoms with van der Waals surface area (Å²) in [5.74, 6) is -2.05. The van der Waals surface area contributed by atoms with Gasteiger partial charge in [-0.05, 0) is 30.2 Å². The molecule has 3 atom stereocenters. The number of carbonyl (C=O) groups is 5. The molecule has 2 aromatic rings. The van der Waals surface area contributed by atoms with Crippen molar-refractivity contribution in [1.82, 2.24) is 25.1 Å². The van der Waals surface area contributed by atoms with Gasteiger partial charge in [-0.25, -0.2) is 14.8 Å². The summed E-state index contributed by atoms with van der Waals surface area (Å²) < 4.78 is 40.1. The van der Waals surface area contributed by atoms with Crippen molar-refractivity contribution in [3.05, 3.63) is 42.1 Å². The van der Waals surface area contributed by atoms with E-state index in [9.17, 15) is 28.5 Å². The summed E-state index contributed by atoms with van der Waals surface area (Å²) in [6.07, 6.45) is 2.16. The number of unbranched alkanes of at least 4 members (excludes halogenated alkanes) is 1. The number of benzene rings is 1. The first kappa shape index (κ1) is 43.0. The van der Waals surface area contributed by atoms with Gasteiger partial charge in [0, 0.05) is 70.8 Å². The molecule has 0 bridgehead atoms. The molecule has 1 N–H and O–H groups in total. The quantitative estimate of drug-likeness (QED) is 0.0917. The predicted octanol–water partition coefficient (Wildman–Crippen LogP) is 4.28. The largest absolute Gasteiger partial charge is 0.518 e. The lowest BCUT2D eigenvalue weighted by Gasteiger charge is -2.35. The Morgan fingerprint density at radius 1 is 0.891 bits per heavy atom. The molecule has 1 unspecified atom stereocenters. The van der Waals surface area contributed by atoms with Crippen molar-refractivity contribution in [2.24, 2.45) is 0 Å². The second-order valence-corrected chi connectivity index (χ2v) is 14.3. The van der Waals surface area contributed by atoms with Crippen molar-refractivity contribution < 1.29 is 52.0 Å². The first-order chi connectivity index (χ1) is 26.5. The summed E-state index contributed by atoms with van der Waals surface area (Å²) in [7, 11) is -1.25. The summed E-state index contributed by atoms with van der Waals surface area (Å²) in [6.45, 7) is 5.62. The average molecular weight is 788 g/mol. The Bertz CT molecular complexity index is 1610. The van der Waals surface area contributed by atoms with Gasteiger partial charge < -0.3 is 39.0 Å². The standard InChI is InChI=1S/C37H51N6O11P/c1-5-8-22-51-36(48)42-20-18-41(19-21-42)35(47)29(25-55(49)54-37(52-31(44)12-6-2)53-32(45)13-7-3)39-34(46)28-23-30(43-17-16-27(24-43)50-4)40-33(38-28)26-14-10-9-11-15-26/h9-11,14-15,23,27,29,37H,5-8,12-13,16-22,24-25H2,1-4H3/p+1/t27-,29-/m0/s1. The van der Waals surface area contributed by atoms with Crippen molar-refractivity contribution in [3.63, 3.8) is 0 Å². The molecule has 4 rings (SSSR count). The minimum atomic E-state index is -2.89. The molecule has 3 amide bonds. The van der Waals surface area contributed by atoms with Gasteiger partial charge >= 0.3 is 32.5 Å². The third-order valence-corrected chi connectivity index (χ3v) is 9.93. The van der Waals surface area contributed by atoms with Gasteiger partial charge in [-0.3, -0.25) is 19.2 Å². The van der Waals surface area contributed by atoms with Gasteiger partial charge in [0.1, 0.15) is 11.5 Å². The summed E-state index contributed by atoms with van der Waals surface area (Å²) in [6, 6.07) is 9.21. The number of amides is 3. The van der Waals surface area contributed by atoms with Crippen LogP contribution in [0.3, 0.4) is 0 Å². The topological polar surface area (TPSA) is 196 Å². The Balaban J connectivity index is 1.58. The Kier molecular flexibility index (Phi) is 17.2. The minimum Gasteiger partial charge on any atom is -0.449 e. The molecule has 2 aliphatic heterocycles. The van der Waals surface area contributed by atoms with Gasteiger partial charge in [0.05, 0.1) is 12.7 Å². The smallest absolute Gasteiger partial charge is 0.449 e. The summed E-state index contributed by atoms with van der Waals surface area (Å²) in [4.78, 5) is 79.5. The van der Waals surface area contributed by atoms with Crippen LogP contribution in [0.5, 0.6) is 0 Å². The van der Waals surface area contributed by atoms with Crippen LogP contribution in [0.15, 0.2) is 36.4 Å². The molecule has 0 spiro atoms. The summed E-state index contributed by atoms with van der Waals surface area (Å²) in [5, 5.41) is 2.69. The molecule has 2 fully saturated rings. The predicted molar refractivity (Wildman–Crippen MR) is 200 cm³/mol. The van der Waals surface area contributed by atoms with E-state index in [0.717, 1.165) is 19.3 Å². The summed E-state index contributed by atoms with van der Waals surface area (Å²) >= 11 is 0. The normalized spacial score (nSPS) is 16.4. The van der Waals surface area contributed by atoms with Crippen molar-refractivity contribution >= 4 is 43.7 Å². The van der Waals surface area contributed by atoms with E-state index in [1.54, 1.807) is 21.0 Å². The van der Waals surface area contributed by atoms with Gasteiger partial charge in [-0.1, -0.05) is 62.0 Å². The third kappa shape index (κ3) is 13.2. The number of ether oxygens (including phenoxy) is 4. The lowest BCUT2D eigenvalue weighted by molar-refractivity contribution is -0.234. The number of esters is 2. The van der Waals surface area contributed by atoms with E-state index >= 15 is 0 Å². The van der Waals surface area contributed by atoms with Crippen LogP contribution in [0.25, 0.3) is 11.4 Å². The highest BCUT2D eigenvalue weighted by Gasteiger charge is 2.40. The number of piperazine rings is 1. The number of carbonyl (C=O) groups excluding carboxylic acids is 5. The van der Waals surface area contributed by atoms with E-state index in [1.165, 1.54) is 15.9 Å². The zero-order chi connectivity index (χ0) is 39.7. The van der Waals surface area contributed by atoms with Crippen LogP contribution in [0, 0.1) is 0 Å². The third-order valence-electron chi connectivity index (χ3n) is 8.85. The number of nitrogens with zero attached hydrogens (tertiary/aromatic N) is 5. The van der Waals surface area contributed by atoms with Gasteiger partial charge in [0.25, 0.3) is 5.91 Å². The molecule has 300 valence electrons. The second kappa shape index (κ2) is 22.0. The number of anilines is 1. The molecule has 0 saturated carbocycles. The zero-order valence-electron chi connectivity index (χ0n) is 32.0. The van der Waals surface area contributed by atoms with Gasteiger partial charge in [-0.15, -0.1) is 0 Å². The van der Waals surface area contributed by atoms with Crippen molar-refractivity contribution in [1.29, 1.82) is 0 Å². The maximum Gasteiger partial charge on any atom is 0.518 e. The van der Waals surface area contributed by atoms with E-state index in [0.29, 0.717) is 43.9 Å². The van der Waals surface area contributed by atoms with Gasteiger partial charge in [0.15, 0.2) is 11.9 Å². The molecule has 2 aliphatic rings. The van der Waals surface area contributed by atoms with Crippen LogP contribution in [0.1, 0.15) is 76.2 Å². The van der Waals surface area contributed by atoms with E-state index < -0.39 is 56.6 Å². The first-order valence-electron chi connectivity index (χ1n) is 18.8. The molecule has 2 saturated heterocycles. The average Bonchev–Trinajstić information content (AvgIpc) is 3.67. The lowest BCUT2D eigenvalue weighted by atomic mass is 10.2. The molecular formula is C37H52N6O11P+. The molecule has 18 heteroatoms. The number of nitrogens with one attached hydrogen (secondary N) is 1. The highest BCUT2D eigenvalue weighted by Crippen LogP contribution is 2.29. The number of hydrogen-bond acceptors (Lipinski definition) is 14. The van der Waals surface area contributed by atoms with E-state index in [4.69, 9.17) is 28.5 Å². The SMILES string of the molecule is CCCCOC(=O)N1CCN(C(=O)[C@H](C[P+](=O)OC(OC(=O)CCC)OC(=O)CCC)NC(=O)c2cc(N3CC[C@H](OC)C3)nc(-c3ccccc3)n2)CC1. The highest BCUT2D eigenvalue weighted by atomic mass is 31.1. The fourth-order valence-corrected chi connectivity index (χ4v) is 6.71. The Hall–Kier alpha value is -4.73. The molecule has 0 radical (unpaired) electrons. The van der Waals surface area contributed by atoms with Crippen LogP contribution in [-0.4, -0.2) is 127 Å². The molecule has 3 heterocycles. The van der Waals surface area contributed by atoms with Crippen LogP contribution in [-0.2, 0) is 42.4 Å². The maximum atomic E-state index is 14.1. The van der Waals surface area contributed by atoms with Crippen LogP contribution in [0.4, 0.5) is 10.6 Å². The monoisotopic (exact) mass is 787 g/mol. The van der Waals surface area contributed by atoms with Crippen molar-refractivity contribution in [2.45, 2.75) is 84.3 Å². The number of hydrogen-bond donors (Lipinski definition) is 1. The van der Waals surface area contributed by atoms with Gasteiger partial charge in [-0.2, -0.15) is 0 Å². The highest BCUT2D eigenvalue weighted by molar-refractivity contribution is 7.39. The second-order valence-electron chi connectivity index (χ2n) is 13.1. The molecule has 55 heavy (non-hydrogen) atoms. The zero-order valence-corrected chi connectivity index (χ0v) is 32.9. The number of methoxy groups -OCH3 is 1. The van der Waals surface area contributed by atoms with Gasteiger partial charge in [0.2, 0.25) is 12.1 Å². The molecule has 0 aliphatic carbocycles. The Morgan fingerprint density at radius 3 is 2.15 bits per heavy atom. The fourth-order valence-electron chi connectivity index (χ4n) is 5.80. The summed E-state index contributed by atoms with van der Waals surface area (Å²) in [5.41, 5.74) is 0.621. The molecular weight excluding hydrogens is 735 g/mol. The maximum absolute atomic E-state index is 14.1. The van der Waals surface area contributed by atoms with Crippen LogP contribution in [0.2, 0.25) is 0 Å². The minimum absolute atomic E-state index is 0.00723. The van der Waals surface area contributed by atoms with Crippen molar-refractivity contribution in [3.8, 4) is 11.4 Å². The molecule has 17 nitrogen and oxygen atoms in total. The lowest BCUT2D eigenvalue weighted by Crippen LogP contribution is -2.56. The number of rotatable bonds is 19. The number of aromatic nitrogens is 2. The van der Waals surface area contributed by atoms with Crippen molar-refractivity contribution in [2.75, 3.05) is 64.0 Å². The molecule has 1 aromatic carbocycles. The van der Waals surface area contributed by atoms with E-state index in [1.807, 2.05) is 42.2 Å². The van der Waals surface area contributed by atoms with E-state index in [2.05, 4.69) is 10.3 Å². The Morgan fingerprint density at radius 2 is 1.55 bits per heavy atom. The van der Waals surface area contributed by atoms with E-state index in [-0.39, 0.29) is 56.6 Å². The van der Waals surface area contributed by atoms with Crippen LogP contribution < -0.4 is 10.2 Å².